The van der Waals surface area contributed by atoms with Gasteiger partial charge in [-0.25, -0.2) is 22.8 Å². The van der Waals surface area contributed by atoms with Crippen molar-refractivity contribution in [3.63, 3.8) is 0 Å². The lowest BCUT2D eigenvalue weighted by atomic mass is 9.88. The fraction of sp³-hybridized carbons (Fsp3) is 0.480. The zero-order valence-corrected chi connectivity index (χ0v) is 22.3. The molecule has 1 saturated heterocycles. The van der Waals surface area contributed by atoms with Gasteiger partial charge in [-0.1, -0.05) is 11.2 Å². The smallest absolute Gasteiger partial charge is 0.270 e. The molecule has 4 rings (SSSR count). The second-order valence-electron chi connectivity index (χ2n) is 9.51. The molecule has 0 spiro atoms. The van der Waals surface area contributed by atoms with E-state index in [-0.39, 0.29) is 35.9 Å². The number of hydrogen-bond acceptors (Lipinski definition) is 9. The Balaban J connectivity index is 1.34. The van der Waals surface area contributed by atoms with E-state index in [0.717, 1.165) is 6.26 Å². The largest absolute Gasteiger partial charge is 0.494 e. The van der Waals surface area contributed by atoms with Crippen LogP contribution in [0.5, 0.6) is 5.75 Å². The molecule has 1 aromatic heterocycles. The lowest BCUT2D eigenvalue weighted by Gasteiger charge is -2.33. The summed E-state index contributed by atoms with van der Waals surface area (Å²) >= 11 is 0. The third-order valence-corrected chi connectivity index (χ3v) is 7.30. The molecule has 0 saturated carbocycles. The van der Waals surface area contributed by atoms with E-state index in [9.17, 15) is 22.4 Å². The summed E-state index contributed by atoms with van der Waals surface area (Å²) < 4.78 is 41.5. The first-order valence-electron chi connectivity index (χ1n) is 12.2. The van der Waals surface area contributed by atoms with Crippen molar-refractivity contribution in [3.05, 3.63) is 52.9 Å². The fourth-order valence-corrected chi connectivity index (χ4v) is 5.19. The van der Waals surface area contributed by atoms with Crippen molar-refractivity contribution in [1.82, 2.24) is 20.2 Å². The topological polar surface area (TPSA) is 140 Å². The number of methoxy groups -OCH3 is 1. The summed E-state index contributed by atoms with van der Waals surface area (Å²) in [7, 11) is -2.00. The van der Waals surface area contributed by atoms with Crippen LogP contribution in [0.2, 0.25) is 0 Å². The number of likely N-dealkylation sites (tertiary alicyclic amines) is 1. The highest BCUT2D eigenvalue weighted by Crippen LogP contribution is 2.29. The number of carbonyl (C=O) groups is 2. The Kier molecular flexibility index (Phi) is 8.24. The van der Waals surface area contributed by atoms with Gasteiger partial charge in [-0.15, -0.1) is 0 Å². The van der Waals surface area contributed by atoms with E-state index in [1.54, 1.807) is 24.0 Å². The summed E-state index contributed by atoms with van der Waals surface area (Å²) in [5.41, 5.74) is 1.94. The molecule has 1 N–H and O–H groups in total. The lowest BCUT2D eigenvalue weighted by molar-refractivity contribution is -0.130. The molecule has 2 aliphatic rings. The molecule has 2 aromatic rings. The van der Waals surface area contributed by atoms with Gasteiger partial charge in [-0.3, -0.25) is 9.59 Å². The van der Waals surface area contributed by atoms with Crippen LogP contribution in [-0.2, 0) is 26.0 Å². The van der Waals surface area contributed by atoms with Crippen LogP contribution in [0, 0.1) is 18.7 Å². The normalized spacial score (nSPS) is 18.1. The number of halogens is 1. The molecular weight excluding hydrogens is 517 g/mol. The summed E-state index contributed by atoms with van der Waals surface area (Å²) in [6, 6.07) is 5.92. The van der Waals surface area contributed by atoms with E-state index < -0.39 is 27.3 Å². The van der Waals surface area contributed by atoms with Crippen LogP contribution < -0.4 is 10.1 Å². The first kappa shape index (κ1) is 27.4. The molecule has 2 amide bonds. The van der Waals surface area contributed by atoms with Crippen molar-refractivity contribution >= 4 is 27.4 Å². The number of sulfone groups is 1. The number of nitrogens with zero attached hydrogens (tertiary/aromatic N) is 4. The van der Waals surface area contributed by atoms with Crippen LogP contribution in [0.1, 0.15) is 46.8 Å². The average molecular weight is 548 g/mol. The number of benzene rings is 1. The Morgan fingerprint density at radius 3 is 2.63 bits per heavy atom. The van der Waals surface area contributed by atoms with Gasteiger partial charge in [0.1, 0.15) is 29.1 Å². The first-order chi connectivity index (χ1) is 18.0. The van der Waals surface area contributed by atoms with E-state index in [2.05, 4.69) is 20.4 Å². The molecule has 1 unspecified atom stereocenters. The number of aromatic nitrogens is 2. The second kappa shape index (κ2) is 11.4. The number of rotatable bonds is 8. The van der Waals surface area contributed by atoms with E-state index in [1.165, 1.54) is 19.2 Å². The number of aryl methyl sites for hydroxylation is 1. The summed E-state index contributed by atoms with van der Waals surface area (Å²) in [4.78, 5) is 40.9. The van der Waals surface area contributed by atoms with E-state index >= 15 is 0 Å². The van der Waals surface area contributed by atoms with E-state index in [0.29, 0.717) is 55.1 Å². The zero-order valence-electron chi connectivity index (χ0n) is 21.4. The first-order valence-corrected chi connectivity index (χ1v) is 14.2. The van der Waals surface area contributed by atoms with Gasteiger partial charge in [-0.05, 0) is 43.5 Å². The number of oxime groups is 1. The van der Waals surface area contributed by atoms with Crippen LogP contribution in [0.15, 0.2) is 29.4 Å². The molecule has 1 aromatic carbocycles. The van der Waals surface area contributed by atoms with Crippen molar-refractivity contribution < 1.29 is 32.0 Å². The van der Waals surface area contributed by atoms with Gasteiger partial charge in [0.25, 0.3) is 5.91 Å². The van der Waals surface area contributed by atoms with Gasteiger partial charge in [0, 0.05) is 38.2 Å². The number of carbonyl (C=O) groups excluding carboxylic acids is 2. The molecule has 3 heterocycles. The van der Waals surface area contributed by atoms with Crippen molar-refractivity contribution in [1.29, 1.82) is 0 Å². The number of ether oxygens (including phenoxy) is 1. The van der Waals surface area contributed by atoms with Gasteiger partial charge in [-0.2, -0.15) is 0 Å². The second-order valence-corrected chi connectivity index (χ2v) is 11.7. The molecule has 0 radical (unpaired) electrons. The third kappa shape index (κ3) is 6.82. The minimum atomic E-state index is -3.37. The molecule has 2 aliphatic heterocycles. The maximum atomic E-state index is 13.6. The fourth-order valence-electron chi connectivity index (χ4n) is 4.56. The van der Waals surface area contributed by atoms with E-state index in [4.69, 9.17) is 9.57 Å². The standard InChI is InChI=1S/C25H30FN5O6S/c1-15-28-19(11-21(29-15)25(33)27-13-16-4-5-18(26)23(10-16)36-2)20-12-22(37-30-20)17-6-8-31(9-7-17)24(32)14-38(3,34)35/h4-5,10-11,17,22H,6-9,12-14H2,1-3H3,(H,27,33). The van der Waals surface area contributed by atoms with Crippen molar-refractivity contribution in [2.75, 3.05) is 32.2 Å². The summed E-state index contributed by atoms with van der Waals surface area (Å²) in [5, 5.41) is 6.98. The van der Waals surface area contributed by atoms with Crippen molar-refractivity contribution in [3.8, 4) is 5.75 Å². The molecule has 13 heteroatoms. The van der Waals surface area contributed by atoms with E-state index in [1.807, 2.05) is 0 Å². The predicted molar refractivity (Wildman–Crippen MR) is 136 cm³/mol. The van der Waals surface area contributed by atoms with Crippen LogP contribution in [0.25, 0.3) is 0 Å². The van der Waals surface area contributed by atoms with Crippen molar-refractivity contribution in [2.24, 2.45) is 11.1 Å². The minimum absolute atomic E-state index is 0.0943. The quantitative estimate of drug-likeness (QED) is 0.526. The lowest BCUT2D eigenvalue weighted by Crippen LogP contribution is -2.43. The molecule has 1 fully saturated rings. The highest BCUT2D eigenvalue weighted by atomic mass is 32.2. The summed E-state index contributed by atoms with van der Waals surface area (Å²) in [6.07, 6.45) is 2.70. The molecule has 0 bridgehead atoms. The van der Waals surface area contributed by atoms with Gasteiger partial charge in [0.15, 0.2) is 21.4 Å². The Morgan fingerprint density at radius 1 is 1.21 bits per heavy atom. The number of hydrogen-bond donors (Lipinski definition) is 1. The molecule has 38 heavy (non-hydrogen) atoms. The third-order valence-electron chi connectivity index (χ3n) is 6.53. The van der Waals surface area contributed by atoms with Crippen LogP contribution in [-0.4, -0.2) is 79.1 Å². The number of piperidine rings is 1. The summed E-state index contributed by atoms with van der Waals surface area (Å²) in [5.74, 6) is -1.11. The van der Waals surface area contributed by atoms with Crippen molar-refractivity contribution in [2.45, 2.75) is 38.8 Å². The van der Waals surface area contributed by atoms with Crippen LogP contribution >= 0.6 is 0 Å². The number of nitrogens with one attached hydrogen (secondary N) is 1. The highest BCUT2D eigenvalue weighted by molar-refractivity contribution is 7.91. The monoisotopic (exact) mass is 547 g/mol. The SMILES string of the molecule is COc1cc(CNC(=O)c2cc(C3=NOC(C4CCN(C(=O)CS(C)(=O)=O)CC4)C3)nc(C)n2)ccc1F. The summed E-state index contributed by atoms with van der Waals surface area (Å²) in [6.45, 7) is 2.77. The average Bonchev–Trinajstić information content (AvgIpc) is 3.37. The van der Waals surface area contributed by atoms with Gasteiger partial charge in [0.2, 0.25) is 5.91 Å². The van der Waals surface area contributed by atoms with Gasteiger partial charge < -0.3 is 19.8 Å². The molecule has 1 atom stereocenters. The Hall–Kier alpha value is -3.61. The minimum Gasteiger partial charge on any atom is -0.494 e. The molecule has 0 aliphatic carbocycles. The van der Waals surface area contributed by atoms with Gasteiger partial charge in [0.05, 0.1) is 12.8 Å². The zero-order chi connectivity index (χ0) is 27.4. The molecule has 11 nitrogen and oxygen atoms in total. The predicted octanol–water partition coefficient (Wildman–Crippen LogP) is 1.64. The van der Waals surface area contributed by atoms with Gasteiger partial charge >= 0.3 is 0 Å². The molecule has 204 valence electrons. The highest BCUT2D eigenvalue weighted by Gasteiger charge is 2.35. The Morgan fingerprint density at radius 2 is 1.95 bits per heavy atom. The molecular formula is C25H30FN5O6S. The van der Waals surface area contributed by atoms with Crippen LogP contribution in [0.4, 0.5) is 4.39 Å². The maximum absolute atomic E-state index is 13.6. The Labute approximate surface area is 220 Å². The Bertz CT molecular complexity index is 1360. The number of amides is 2. The maximum Gasteiger partial charge on any atom is 0.270 e. The van der Waals surface area contributed by atoms with Crippen LogP contribution in [0.3, 0.4) is 0 Å².